The second-order valence-corrected chi connectivity index (χ2v) is 3.97. The van der Waals surface area contributed by atoms with Crippen molar-refractivity contribution in [2.45, 2.75) is 13.5 Å². The number of rotatable bonds is 5. The SMILES string of the molecule is CCn1ccc(C(=O)Oc2ccc(C=O)cc2OC)n1. The first-order valence-electron chi connectivity index (χ1n) is 6.06. The smallest absolute Gasteiger partial charge is 0.364 e. The number of carbonyl (C=O) groups is 2. The molecule has 1 aromatic heterocycles. The zero-order valence-electron chi connectivity index (χ0n) is 11.2. The molecule has 0 spiro atoms. The highest BCUT2D eigenvalue weighted by molar-refractivity contribution is 5.89. The number of hydrogen-bond acceptors (Lipinski definition) is 5. The van der Waals surface area contributed by atoms with Crippen LogP contribution in [0.25, 0.3) is 0 Å². The minimum Gasteiger partial charge on any atom is -0.493 e. The summed E-state index contributed by atoms with van der Waals surface area (Å²) >= 11 is 0. The molecule has 0 aliphatic rings. The third-order valence-electron chi connectivity index (χ3n) is 2.70. The number of hydrogen-bond donors (Lipinski definition) is 0. The molecule has 0 atom stereocenters. The molecule has 0 N–H and O–H groups in total. The van der Waals surface area contributed by atoms with Gasteiger partial charge in [-0.3, -0.25) is 9.48 Å². The molecule has 0 saturated carbocycles. The van der Waals surface area contributed by atoms with Crippen molar-refractivity contribution < 1.29 is 19.1 Å². The highest BCUT2D eigenvalue weighted by atomic mass is 16.6. The Morgan fingerprint density at radius 2 is 2.15 bits per heavy atom. The van der Waals surface area contributed by atoms with Gasteiger partial charge < -0.3 is 9.47 Å². The van der Waals surface area contributed by atoms with E-state index < -0.39 is 5.97 Å². The first-order chi connectivity index (χ1) is 9.67. The van der Waals surface area contributed by atoms with Crippen LogP contribution in [0.15, 0.2) is 30.5 Å². The van der Waals surface area contributed by atoms with E-state index >= 15 is 0 Å². The summed E-state index contributed by atoms with van der Waals surface area (Å²) in [5.41, 5.74) is 0.658. The Labute approximate surface area is 115 Å². The number of aldehydes is 1. The molecule has 2 aromatic rings. The van der Waals surface area contributed by atoms with Crippen molar-refractivity contribution >= 4 is 12.3 Å². The Morgan fingerprint density at radius 1 is 1.35 bits per heavy atom. The van der Waals surface area contributed by atoms with Gasteiger partial charge in [0.15, 0.2) is 17.2 Å². The summed E-state index contributed by atoms with van der Waals surface area (Å²) in [6.45, 7) is 2.59. The third kappa shape index (κ3) is 2.85. The average Bonchev–Trinajstić information content (AvgIpc) is 2.96. The van der Waals surface area contributed by atoms with Crippen LogP contribution in [0, 0.1) is 0 Å². The highest BCUT2D eigenvalue weighted by Crippen LogP contribution is 2.28. The van der Waals surface area contributed by atoms with Crippen molar-refractivity contribution in [1.82, 2.24) is 9.78 Å². The van der Waals surface area contributed by atoms with Crippen molar-refractivity contribution in [3.63, 3.8) is 0 Å². The molecule has 0 aliphatic carbocycles. The number of esters is 1. The van der Waals surface area contributed by atoms with Crippen LogP contribution in [-0.2, 0) is 6.54 Å². The minimum atomic E-state index is -0.575. The van der Waals surface area contributed by atoms with Crippen molar-refractivity contribution in [3.8, 4) is 11.5 Å². The number of nitrogens with zero attached hydrogens (tertiary/aromatic N) is 2. The standard InChI is InChI=1S/C14H14N2O4/c1-3-16-7-6-11(15-16)14(18)20-12-5-4-10(9-17)8-13(12)19-2/h4-9H,3H2,1-2H3. The fourth-order valence-corrected chi connectivity index (χ4v) is 1.64. The lowest BCUT2D eigenvalue weighted by Crippen LogP contribution is -2.11. The molecule has 0 bridgehead atoms. The average molecular weight is 274 g/mol. The number of carbonyl (C=O) groups excluding carboxylic acids is 2. The van der Waals surface area contributed by atoms with Crippen molar-refractivity contribution in [3.05, 3.63) is 41.7 Å². The Bertz CT molecular complexity index is 634. The number of ether oxygens (including phenoxy) is 2. The summed E-state index contributed by atoms with van der Waals surface area (Å²) in [4.78, 5) is 22.6. The molecule has 0 unspecified atom stereocenters. The van der Waals surface area contributed by atoms with Crippen LogP contribution in [0.4, 0.5) is 0 Å². The summed E-state index contributed by atoms with van der Waals surface area (Å²) in [5.74, 6) is -0.0126. The van der Waals surface area contributed by atoms with E-state index in [0.717, 1.165) is 0 Å². The molecule has 1 aromatic carbocycles. The first-order valence-corrected chi connectivity index (χ1v) is 6.06. The van der Waals surface area contributed by atoms with Gasteiger partial charge in [-0.05, 0) is 31.2 Å². The zero-order chi connectivity index (χ0) is 14.5. The first kappa shape index (κ1) is 13.8. The Kier molecular flexibility index (Phi) is 4.14. The maximum absolute atomic E-state index is 11.9. The van der Waals surface area contributed by atoms with E-state index in [4.69, 9.17) is 9.47 Å². The second kappa shape index (κ2) is 6.01. The summed E-state index contributed by atoms with van der Waals surface area (Å²) in [5, 5.41) is 4.06. The molecule has 20 heavy (non-hydrogen) atoms. The maximum atomic E-state index is 11.9. The summed E-state index contributed by atoms with van der Waals surface area (Å²) in [6.07, 6.45) is 2.39. The molecule has 0 aliphatic heterocycles. The Morgan fingerprint density at radius 3 is 2.75 bits per heavy atom. The van der Waals surface area contributed by atoms with Gasteiger partial charge in [0.1, 0.15) is 6.29 Å². The molecule has 0 fully saturated rings. The van der Waals surface area contributed by atoms with Crippen LogP contribution in [0.2, 0.25) is 0 Å². The van der Waals surface area contributed by atoms with Gasteiger partial charge in [-0.15, -0.1) is 0 Å². The predicted octanol–water partition coefficient (Wildman–Crippen LogP) is 1.94. The topological polar surface area (TPSA) is 70.4 Å². The van der Waals surface area contributed by atoms with Crippen LogP contribution < -0.4 is 9.47 Å². The lowest BCUT2D eigenvalue weighted by Gasteiger charge is -2.08. The van der Waals surface area contributed by atoms with Crippen LogP contribution in [0.5, 0.6) is 11.5 Å². The monoisotopic (exact) mass is 274 g/mol. The summed E-state index contributed by atoms with van der Waals surface area (Å²) < 4.78 is 11.9. The van der Waals surface area contributed by atoms with E-state index in [9.17, 15) is 9.59 Å². The molecule has 6 heteroatoms. The molecule has 2 rings (SSSR count). The predicted molar refractivity (Wildman–Crippen MR) is 71.2 cm³/mol. The zero-order valence-corrected chi connectivity index (χ0v) is 11.2. The number of benzene rings is 1. The number of aryl methyl sites for hydroxylation is 1. The van der Waals surface area contributed by atoms with E-state index in [1.54, 1.807) is 23.0 Å². The molecular formula is C14H14N2O4. The van der Waals surface area contributed by atoms with Gasteiger partial charge in [-0.25, -0.2) is 4.79 Å². The Balaban J connectivity index is 2.20. The van der Waals surface area contributed by atoms with E-state index in [-0.39, 0.29) is 11.4 Å². The lowest BCUT2D eigenvalue weighted by molar-refractivity contribution is 0.0722. The molecule has 0 radical (unpaired) electrons. The van der Waals surface area contributed by atoms with E-state index in [0.29, 0.717) is 24.1 Å². The number of aromatic nitrogens is 2. The molecular weight excluding hydrogens is 260 g/mol. The van der Waals surface area contributed by atoms with E-state index in [1.807, 2.05) is 6.92 Å². The van der Waals surface area contributed by atoms with Crippen molar-refractivity contribution in [2.75, 3.05) is 7.11 Å². The van der Waals surface area contributed by atoms with Crippen molar-refractivity contribution in [2.24, 2.45) is 0 Å². The number of methoxy groups -OCH3 is 1. The van der Waals surface area contributed by atoms with Crippen LogP contribution >= 0.6 is 0 Å². The normalized spacial score (nSPS) is 10.1. The van der Waals surface area contributed by atoms with E-state index in [1.165, 1.54) is 19.2 Å². The minimum absolute atomic E-state index is 0.216. The highest BCUT2D eigenvalue weighted by Gasteiger charge is 2.15. The second-order valence-electron chi connectivity index (χ2n) is 3.97. The van der Waals surface area contributed by atoms with Crippen molar-refractivity contribution in [1.29, 1.82) is 0 Å². The quantitative estimate of drug-likeness (QED) is 0.473. The van der Waals surface area contributed by atoms with Gasteiger partial charge in [0, 0.05) is 18.3 Å². The third-order valence-corrected chi connectivity index (χ3v) is 2.70. The van der Waals surface area contributed by atoms with Gasteiger partial charge in [-0.1, -0.05) is 0 Å². The van der Waals surface area contributed by atoms with Gasteiger partial charge in [0.2, 0.25) is 0 Å². The van der Waals surface area contributed by atoms with Gasteiger partial charge in [0.25, 0.3) is 0 Å². The molecule has 1 heterocycles. The van der Waals surface area contributed by atoms with E-state index in [2.05, 4.69) is 5.10 Å². The fourth-order valence-electron chi connectivity index (χ4n) is 1.64. The van der Waals surface area contributed by atoms with Gasteiger partial charge >= 0.3 is 5.97 Å². The molecule has 0 amide bonds. The Hall–Kier alpha value is -2.63. The molecule has 0 saturated heterocycles. The van der Waals surface area contributed by atoms with Gasteiger partial charge in [-0.2, -0.15) is 5.10 Å². The molecule has 104 valence electrons. The molecule has 6 nitrogen and oxygen atoms in total. The van der Waals surface area contributed by atoms with Crippen LogP contribution in [0.1, 0.15) is 27.8 Å². The van der Waals surface area contributed by atoms with Gasteiger partial charge in [0.05, 0.1) is 7.11 Å². The summed E-state index contributed by atoms with van der Waals surface area (Å²) in [6, 6.07) is 6.14. The maximum Gasteiger partial charge on any atom is 0.364 e. The van der Waals surface area contributed by atoms with Crippen LogP contribution in [-0.4, -0.2) is 29.1 Å². The van der Waals surface area contributed by atoms with Crippen LogP contribution in [0.3, 0.4) is 0 Å². The largest absolute Gasteiger partial charge is 0.493 e. The lowest BCUT2D eigenvalue weighted by atomic mass is 10.2. The fraction of sp³-hybridized carbons (Fsp3) is 0.214. The summed E-state index contributed by atoms with van der Waals surface area (Å²) in [7, 11) is 1.44.